The van der Waals surface area contributed by atoms with Crippen LogP contribution < -0.4 is 5.32 Å². The van der Waals surface area contributed by atoms with Gasteiger partial charge in [0.1, 0.15) is 11.6 Å². The van der Waals surface area contributed by atoms with E-state index in [9.17, 15) is 23.2 Å². The van der Waals surface area contributed by atoms with Crippen molar-refractivity contribution in [3.8, 4) is 6.07 Å². The van der Waals surface area contributed by atoms with Crippen molar-refractivity contribution in [3.63, 3.8) is 0 Å². The number of benzene rings is 2. The van der Waals surface area contributed by atoms with Crippen molar-refractivity contribution in [2.75, 3.05) is 5.32 Å². The molecule has 1 N–H and O–H groups in total. The number of aryl methyl sites for hydroxylation is 2. The molecule has 0 fully saturated rings. The number of nitrogens with one attached hydrogen (secondary N) is 1. The zero-order valence-electron chi connectivity index (χ0n) is 13.6. The molecule has 0 aliphatic heterocycles. The third-order valence-corrected chi connectivity index (χ3v) is 3.57. The fourth-order valence-electron chi connectivity index (χ4n) is 2.32. The fourth-order valence-corrected chi connectivity index (χ4v) is 2.32. The molecule has 0 atom stereocenters. The number of hydrogen-bond acceptors (Lipinski definition) is 2. The van der Waals surface area contributed by atoms with E-state index in [-0.39, 0.29) is 11.3 Å². The summed E-state index contributed by atoms with van der Waals surface area (Å²) in [7, 11) is 0. The molecule has 0 aliphatic rings. The van der Waals surface area contributed by atoms with Crippen LogP contribution in [0.5, 0.6) is 0 Å². The molecule has 2 aromatic rings. The minimum Gasteiger partial charge on any atom is -0.321 e. The topological polar surface area (TPSA) is 52.9 Å². The van der Waals surface area contributed by atoms with Gasteiger partial charge in [0.05, 0.1) is 11.3 Å². The van der Waals surface area contributed by atoms with Crippen LogP contribution in [0.1, 0.15) is 22.3 Å². The van der Waals surface area contributed by atoms with Gasteiger partial charge in [0.2, 0.25) is 0 Å². The standard InChI is InChI=1S/C19H15F3N2O/c1-12-7-8-14(13(2)9-12)10-15(11-23)18(25)24-17-6-4-3-5-16(17)19(20,21)22/h3-10H,1-2H3,(H,24,25)/b15-10+. The number of rotatable bonds is 3. The van der Waals surface area contributed by atoms with Crippen LogP contribution in [0.2, 0.25) is 0 Å². The first-order valence-electron chi connectivity index (χ1n) is 7.39. The SMILES string of the molecule is Cc1ccc(/C=C(\C#N)C(=O)Nc2ccccc2C(F)(F)F)c(C)c1. The molecule has 0 bridgehead atoms. The first-order chi connectivity index (χ1) is 11.7. The van der Waals surface area contributed by atoms with Crippen molar-refractivity contribution >= 4 is 17.7 Å². The lowest BCUT2D eigenvalue weighted by atomic mass is 10.0. The van der Waals surface area contributed by atoms with E-state index in [4.69, 9.17) is 0 Å². The quantitative estimate of drug-likeness (QED) is 0.638. The maximum atomic E-state index is 13.0. The summed E-state index contributed by atoms with van der Waals surface area (Å²) in [5.74, 6) is -0.890. The molecule has 1 amide bonds. The van der Waals surface area contributed by atoms with Gasteiger partial charge in [0, 0.05) is 0 Å². The molecule has 0 radical (unpaired) electrons. The summed E-state index contributed by atoms with van der Waals surface area (Å²) in [6, 6.07) is 11.8. The molecule has 0 saturated heterocycles. The zero-order valence-corrected chi connectivity index (χ0v) is 13.6. The second-order valence-corrected chi connectivity index (χ2v) is 5.53. The van der Waals surface area contributed by atoms with Crippen LogP contribution in [0.3, 0.4) is 0 Å². The highest BCUT2D eigenvalue weighted by atomic mass is 19.4. The minimum absolute atomic E-state index is 0.274. The van der Waals surface area contributed by atoms with E-state index in [1.165, 1.54) is 18.2 Å². The van der Waals surface area contributed by atoms with Crippen LogP contribution >= 0.6 is 0 Å². The number of carbonyl (C=O) groups excluding carboxylic acids is 1. The second kappa shape index (κ2) is 7.22. The van der Waals surface area contributed by atoms with E-state index in [0.29, 0.717) is 5.56 Å². The van der Waals surface area contributed by atoms with E-state index in [2.05, 4.69) is 5.32 Å². The lowest BCUT2D eigenvalue weighted by Crippen LogP contribution is -2.17. The summed E-state index contributed by atoms with van der Waals surface area (Å²) < 4.78 is 39.0. The van der Waals surface area contributed by atoms with Gasteiger partial charge in [0.15, 0.2) is 0 Å². The van der Waals surface area contributed by atoms with Gasteiger partial charge in [-0.15, -0.1) is 0 Å². The zero-order chi connectivity index (χ0) is 18.6. The van der Waals surface area contributed by atoms with Crippen LogP contribution in [0.25, 0.3) is 6.08 Å². The summed E-state index contributed by atoms with van der Waals surface area (Å²) in [5, 5.41) is 11.4. The molecule has 25 heavy (non-hydrogen) atoms. The third-order valence-electron chi connectivity index (χ3n) is 3.57. The summed E-state index contributed by atoms with van der Waals surface area (Å²) in [6.45, 7) is 3.73. The average Bonchev–Trinajstić information content (AvgIpc) is 2.53. The molecule has 0 aliphatic carbocycles. The summed E-state index contributed by atoms with van der Waals surface area (Å²) in [5.41, 5.74) is 0.909. The Hall–Kier alpha value is -3.07. The van der Waals surface area contributed by atoms with Crippen molar-refractivity contribution < 1.29 is 18.0 Å². The first kappa shape index (κ1) is 18.3. The number of halogens is 3. The van der Waals surface area contributed by atoms with Crippen molar-refractivity contribution in [2.45, 2.75) is 20.0 Å². The van der Waals surface area contributed by atoms with Gasteiger partial charge in [-0.2, -0.15) is 18.4 Å². The minimum atomic E-state index is -4.60. The molecule has 6 heteroatoms. The molecule has 2 rings (SSSR count). The summed E-state index contributed by atoms with van der Waals surface area (Å²) >= 11 is 0. The van der Waals surface area contributed by atoms with Crippen molar-refractivity contribution in [1.82, 2.24) is 0 Å². The number of carbonyl (C=O) groups is 1. The van der Waals surface area contributed by atoms with Crippen LogP contribution in [0, 0.1) is 25.2 Å². The maximum absolute atomic E-state index is 13.0. The van der Waals surface area contributed by atoms with Crippen molar-refractivity contribution in [1.29, 1.82) is 5.26 Å². The normalized spacial score (nSPS) is 11.8. The van der Waals surface area contributed by atoms with Crippen LogP contribution in [0.15, 0.2) is 48.0 Å². The Morgan fingerprint density at radius 1 is 1.16 bits per heavy atom. The number of nitrogens with zero attached hydrogens (tertiary/aromatic N) is 1. The predicted molar refractivity (Wildman–Crippen MR) is 89.6 cm³/mol. The Morgan fingerprint density at radius 2 is 1.84 bits per heavy atom. The Balaban J connectivity index is 2.34. The van der Waals surface area contributed by atoms with Gasteiger partial charge < -0.3 is 5.32 Å². The smallest absolute Gasteiger partial charge is 0.321 e. The molecular weight excluding hydrogens is 329 g/mol. The van der Waals surface area contributed by atoms with Gasteiger partial charge in [-0.05, 0) is 43.2 Å². The Labute approximate surface area is 143 Å². The highest BCUT2D eigenvalue weighted by Crippen LogP contribution is 2.34. The van der Waals surface area contributed by atoms with E-state index in [1.807, 2.05) is 26.0 Å². The number of alkyl halides is 3. The third kappa shape index (κ3) is 4.48. The molecule has 0 heterocycles. The Bertz CT molecular complexity index is 877. The van der Waals surface area contributed by atoms with E-state index in [0.717, 1.165) is 23.3 Å². The lowest BCUT2D eigenvalue weighted by molar-refractivity contribution is -0.137. The maximum Gasteiger partial charge on any atom is 0.418 e. The number of hydrogen-bond donors (Lipinski definition) is 1. The van der Waals surface area contributed by atoms with Crippen LogP contribution in [-0.4, -0.2) is 5.91 Å². The van der Waals surface area contributed by atoms with Gasteiger partial charge in [-0.1, -0.05) is 35.9 Å². The highest BCUT2D eigenvalue weighted by molar-refractivity contribution is 6.10. The van der Waals surface area contributed by atoms with Gasteiger partial charge in [-0.3, -0.25) is 4.79 Å². The molecular formula is C19H15F3N2O. The Morgan fingerprint density at radius 3 is 2.44 bits per heavy atom. The van der Waals surface area contributed by atoms with Gasteiger partial charge in [0.25, 0.3) is 5.91 Å². The van der Waals surface area contributed by atoms with Crippen LogP contribution in [-0.2, 0) is 11.0 Å². The van der Waals surface area contributed by atoms with Gasteiger partial charge >= 0.3 is 6.18 Å². The number of nitriles is 1. The van der Waals surface area contributed by atoms with E-state index >= 15 is 0 Å². The summed E-state index contributed by atoms with van der Waals surface area (Å²) in [6.07, 6.45) is -3.24. The predicted octanol–water partition coefficient (Wildman–Crippen LogP) is 4.87. The average molecular weight is 344 g/mol. The molecule has 2 aromatic carbocycles. The van der Waals surface area contributed by atoms with Gasteiger partial charge in [-0.25, -0.2) is 0 Å². The molecule has 128 valence electrons. The molecule has 0 spiro atoms. The van der Waals surface area contributed by atoms with Crippen molar-refractivity contribution in [2.24, 2.45) is 0 Å². The molecule has 0 unspecified atom stereocenters. The van der Waals surface area contributed by atoms with E-state index in [1.54, 1.807) is 12.1 Å². The van der Waals surface area contributed by atoms with Crippen LogP contribution in [0.4, 0.5) is 18.9 Å². The largest absolute Gasteiger partial charge is 0.418 e. The first-order valence-corrected chi connectivity index (χ1v) is 7.39. The van der Waals surface area contributed by atoms with Crippen molar-refractivity contribution in [3.05, 3.63) is 70.3 Å². The lowest BCUT2D eigenvalue weighted by Gasteiger charge is -2.13. The molecule has 0 saturated carbocycles. The molecule has 3 nitrogen and oxygen atoms in total. The number of anilines is 1. The number of para-hydroxylation sites is 1. The highest BCUT2D eigenvalue weighted by Gasteiger charge is 2.33. The molecule has 0 aromatic heterocycles. The monoisotopic (exact) mass is 344 g/mol. The summed E-state index contributed by atoms with van der Waals surface area (Å²) in [4.78, 5) is 12.2. The Kier molecular flexibility index (Phi) is 5.28. The van der Waals surface area contributed by atoms with E-state index < -0.39 is 17.6 Å². The number of amides is 1. The second-order valence-electron chi connectivity index (χ2n) is 5.53. The fraction of sp³-hybridized carbons (Fsp3) is 0.158.